The van der Waals surface area contributed by atoms with Gasteiger partial charge in [0.2, 0.25) is 5.91 Å². The molecule has 0 saturated carbocycles. The van der Waals surface area contributed by atoms with E-state index in [1.807, 2.05) is 11.8 Å². The summed E-state index contributed by atoms with van der Waals surface area (Å²) in [7, 11) is 0. The van der Waals surface area contributed by atoms with Crippen molar-refractivity contribution in [3.8, 4) is 0 Å². The molecule has 2 saturated heterocycles. The van der Waals surface area contributed by atoms with Gasteiger partial charge in [-0.25, -0.2) is 0 Å². The fourth-order valence-electron chi connectivity index (χ4n) is 3.86. The number of ketones is 1. The van der Waals surface area contributed by atoms with Gasteiger partial charge in [-0.05, 0) is 26.3 Å². The molecule has 2 aliphatic rings. The second-order valence-electron chi connectivity index (χ2n) is 7.24. The summed E-state index contributed by atoms with van der Waals surface area (Å²) in [5.74, 6) is -0.0445. The van der Waals surface area contributed by atoms with Gasteiger partial charge >= 0.3 is 0 Å². The molecule has 8 heteroatoms. The lowest BCUT2D eigenvalue weighted by Gasteiger charge is -2.36. The highest BCUT2D eigenvalue weighted by atomic mass is 16.5. The van der Waals surface area contributed by atoms with Crippen molar-refractivity contribution >= 4 is 17.6 Å². The van der Waals surface area contributed by atoms with Crippen molar-refractivity contribution in [2.45, 2.75) is 20.8 Å². The van der Waals surface area contributed by atoms with Crippen LogP contribution in [0.2, 0.25) is 0 Å². The normalized spacial score (nSPS) is 18.6. The fraction of sp³-hybridized carbons (Fsp3) is 0.632. The van der Waals surface area contributed by atoms with Crippen LogP contribution in [0.1, 0.15) is 39.0 Å². The maximum absolute atomic E-state index is 12.9. The molecular formula is C19H28N4O4. The zero-order chi connectivity index (χ0) is 19.6. The Balaban J connectivity index is 1.57. The van der Waals surface area contributed by atoms with Gasteiger partial charge in [0.05, 0.1) is 19.8 Å². The minimum atomic E-state index is -0.108. The smallest absolute Gasteiger partial charge is 0.270 e. The van der Waals surface area contributed by atoms with Gasteiger partial charge < -0.3 is 19.5 Å². The summed E-state index contributed by atoms with van der Waals surface area (Å²) in [6, 6.07) is 0. The molecule has 0 atom stereocenters. The standard InChI is InChI=1S/C19H28N4O4/c1-13-17(15(3)24)14(2)20-18(13)19(26)23-6-4-22(5-7-23)16(25)12-21-8-10-27-11-9-21/h20H,4-12H2,1-3H3. The fourth-order valence-corrected chi connectivity index (χ4v) is 3.86. The van der Waals surface area contributed by atoms with Gasteiger partial charge in [-0.15, -0.1) is 0 Å². The molecule has 1 N–H and O–H groups in total. The van der Waals surface area contributed by atoms with Crippen LogP contribution in [0.3, 0.4) is 0 Å². The number of ether oxygens (including phenoxy) is 1. The average molecular weight is 376 g/mol. The molecule has 2 fully saturated rings. The van der Waals surface area contributed by atoms with E-state index in [1.165, 1.54) is 6.92 Å². The predicted molar refractivity (Wildman–Crippen MR) is 100 cm³/mol. The predicted octanol–water partition coefficient (Wildman–Crippen LogP) is 0.451. The summed E-state index contributed by atoms with van der Waals surface area (Å²) in [6.07, 6.45) is 0. The lowest BCUT2D eigenvalue weighted by atomic mass is 10.1. The van der Waals surface area contributed by atoms with E-state index in [4.69, 9.17) is 4.74 Å². The van der Waals surface area contributed by atoms with Gasteiger partial charge in [0, 0.05) is 50.5 Å². The first-order valence-electron chi connectivity index (χ1n) is 9.45. The third-order valence-electron chi connectivity index (χ3n) is 5.39. The summed E-state index contributed by atoms with van der Waals surface area (Å²) in [5.41, 5.74) is 2.50. The first-order valence-corrected chi connectivity index (χ1v) is 9.45. The Kier molecular flexibility index (Phi) is 5.96. The molecular weight excluding hydrogens is 348 g/mol. The topological polar surface area (TPSA) is 86.0 Å². The number of carbonyl (C=O) groups excluding carboxylic acids is 3. The molecule has 0 spiro atoms. The third kappa shape index (κ3) is 4.22. The minimum absolute atomic E-state index is 0.0428. The van der Waals surface area contributed by atoms with E-state index in [0.717, 1.165) is 18.8 Å². The van der Waals surface area contributed by atoms with Crippen LogP contribution >= 0.6 is 0 Å². The molecule has 0 aromatic carbocycles. The summed E-state index contributed by atoms with van der Waals surface area (Å²) >= 11 is 0. The van der Waals surface area contributed by atoms with Gasteiger partial charge in [-0.2, -0.15) is 0 Å². The van der Waals surface area contributed by atoms with Crippen LogP contribution in [0.4, 0.5) is 0 Å². The van der Waals surface area contributed by atoms with Crippen LogP contribution < -0.4 is 0 Å². The summed E-state index contributed by atoms with van der Waals surface area (Å²) in [5, 5.41) is 0. The molecule has 2 amide bonds. The molecule has 0 unspecified atom stereocenters. The number of Topliss-reactive ketones (excluding diaryl/α,β-unsaturated/α-hetero) is 1. The van der Waals surface area contributed by atoms with Crippen molar-refractivity contribution in [2.75, 3.05) is 59.0 Å². The van der Waals surface area contributed by atoms with E-state index in [-0.39, 0.29) is 17.6 Å². The van der Waals surface area contributed by atoms with Gasteiger partial charge in [-0.1, -0.05) is 0 Å². The number of aromatic amines is 1. The lowest BCUT2D eigenvalue weighted by molar-refractivity contribution is -0.134. The van der Waals surface area contributed by atoms with E-state index in [9.17, 15) is 14.4 Å². The van der Waals surface area contributed by atoms with Gasteiger partial charge in [-0.3, -0.25) is 19.3 Å². The van der Waals surface area contributed by atoms with Crippen molar-refractivity contribution in [2.24, 2.45) is 0 Å². The van der Waals surface area contributed by atoms with E-state index >= 15 is 0 Å². The van der Waals surface area contributed by atoms with E-state index in [1.54, 1.807) is 11.8 Å². The number of aromatic nitrogens is 1. The van der Waals surface area contributed by atoms with Crippen molar-refractivity contribution < 1.29 is 19.1 Å². The van der Waals surface area contributed by atoms with Crippen LogP contribution in [0, 0.1) is 13.8 Å². The monoisotopic (exact) mass is 376 g/mol. The zero-order valence-electron chi connectivity index (χ0n) is 16.3. The zero-order valence-corrected chi connectivity index (χ0v) is 16.3. The molecule has 0 radical (unpaired) electrons. The highest BCUT2D eigenvalue weighted by Gasteiger charge is 2.29. The second kappa shape index (κ2) is 8.22. The van der Waals surface area contributed by atoms with Gasteiger partial charge in [0.1, 0.15) is 5.69 Å². The molecule has 2 aliphatic heterocycles. The van der Waals surface area contributed by atoms with Crippen LogP contribution in [-0.2, 0) is 9.53 Å². The van der Waals surface area contributed by atoms with Gasteiger partial charge in [0.25, 0.3) is 5.91 Å². The number of amides is 2. The van der Waals surface area contributed by atoms with Crippen LogP contribution in [0.25, 0.3) is 0 Å². The Morgan fingerprint density at radius 2 is 1.56 bits per heavy atom. The number of aryl methyl sites for hydroxylation is 1. The highest BCUT2D eigenvalue weighted by molar-refractivity contribution is 6.02. The summed E-state index contributed by atoms with van der Waals surface area (Å²) in [4.78, 5) is 45.9. The Morgan fingerprint density at radius 3 is 2.11 bits per heavy atom. The lowest BCUT2D eigenvalue weighted by Crippen LogP contribution is -2.53. The van der Waals surface area contributed by atoms with Crippen LogP contribution in [-0.4, -0.2) is 96.3 Å². The SMILES string of the molecule is CC(=O)c1c(C)[nH]c(C(=O)N2CCN(C(=O)CN3CCOCC3)CC2)c1C. The quantitative estimate of drug-likeness (QED) is 0.771. The number of hydrogen-bond donors (Lipinski definition) is 1. The van der Waals surface area contributed by atoms with Crippen LogP contribution in [0.15, 0.2) is 0 Å². The minimum Gasteiger partial charge on any atom is -0.379 e. The first kappa shape index (κ1) is 19.6. The Bertz CT molecular complexity index is 728. The summed E-state index contributed by atoms with van der Waals surface area (Å²) in [6.45, 7) is 10.5. The van der Waals surface area contributed by atoms with Crippen molar-refractivity contribution in [1.82, 2.24) is 19.7 Å². The number of nitrogens with zero attached hydrogens (tertiary/aromatic N) is 3. The summed E-state index contributed by atoms with van der Waals surface area (Å²) < 4.78 is 5.31. The molecule has 1 aromatic heterocycles. The molecule has 0 bridgehead atoms. The highest BCUT2D eigenvalue weighted by Crippen LogP contribution is 2.20. The Hall–Kier alpha value is -2.19. The Morgan fingerprint density at radius 1 is 0.963 bits per heavy atom. The number of piperazine rings is 1. The van der Waals surface area contributed by atoms with E-state index in [0.29, 0.717) is 62.8 Å². The number of nitrogens with one attached hydrogen (secondary N) is 1. The molecule has 1 aromatic rings. The molecule has 27 heavy (non-hydrogen) atoms. The first-order chi connectivity index (χ1) is 12.9. The molecule has 148 valence electrons. The second-order valence-corrected chi connectivity index (χ2v) is 7.24. The number of H-pyrrole nitrogens is 1. The van der Waals surface area contributed by atoms with Crippen LogP contribution in [0.5, 0.6) is 0 Å². The number of rotatable bonds is 4. The molecule has 8 nitrogen and oxygen atoms in total. The van der Waals surface area contributed by atoms with E-state index < -0.39 is 0 Å². The van der Waals surface area contributed by atoms with E-state index in [2.05, 4.69) is 9.88 Å². The Labute approximate surface area is 159 Å². The largest absolute Gasteiger partial charge is 0.379 e. The molecule has 3 heterocycles. The maximum Gasteiger partial charge on any atom is 0.270 e. The number of morpholine rings is 1. The third-order valence-corrected chi connectivity index (χ3v) is 5.39. The average Bonchev–Trinajstić information content (AvgIpc) is 2.96. The maximum atomic E-state index is 12.9. The van der Waals surface area contributed by atoms with Gasteiger partial charge in [0.15, 0.2) is 5.78 Å². The van der Waals surface area contributed by atoms with Crippen molar-refractivity contribution in [3.63, 3.8) is 0 Å². The number of carbonyl (C=O) groups is 3. The molecule has 0 aliphatic carbocycles. The van der Waals surface area contributed by atoms with Crippen molar-refractivity contribution in [1.29, 1.82) is 0 Å². The molecule has 3 rings (SSSR count). The number of hydrogen-bond acceptors (Lipinski definition) is 5. The van der Waals surface area contributed by atoms with Crippen molar-refractivity contribution in [3.05, 3.63) is 22.5 Å².